The van der Waals surface area contributed by atoms with Crippen LogP contribution in [0.25, 0.3) is 0 Å². The maximum atomic E-state index is 12.3. The van der Waals surface area contributed by atoms with Crippen LogP contribution >= 0.6 is 0 Å². The van der Waals surface area contributed by atoms with Crippen LogP contribution in [-0.4, -0.2) is 77.5 Å². The molecule has 43 heavy (non-hydrogen) atoms. The Morgan fingerprint density at radius 3 is 1.12 bits per heavy atom. The highest BCUT2D eigenvalue weighted by Gasteiger charge is 2.30. The van der Waals surface area contributed by atoms with Gasteiger partial charge in [-0.1, -0.05) is 45.8 Å². The zero-order valence-electron chi connectivity index (χ0n) is 24.2. The normalized spacial score (nSPS) is 14.6. The summed E-state index contributed by atoms with van der Waals surface area (Å²) in [6.45, 7) is 4.85. The van der Waals surface area contributed by atoms with E-state index in [9.17, 15) is 64.2 Å². The van der Waals surface area contributed by atoms with Gasteiger partial charge in [0.05, 0.1) is 11.1 Å². The average molecular weight is 611 g/mol. The summed E-state index contributed by atoms with van der Waals surface area (Å²) in [6, 6.07) is 0. The van der Waals surface area contributed by atoms with E-state index >= 15 is 0 Å². The first kappa shape index (κ1) is 38.2. The summed E-state index contributed by atoms with van der Waals surface area (Å²) in [4.78, 5) is 82.8. The van der Waals surface area contributed by atoms with Gasteiger partial charge in [-0.05, 0) is 50.4 Å². The maximum Gasteiger partial charge on any atom is 0.336 e. The molecule has 0 aliphatic heterocycles. The summed E-state index contributed by atoms with van der Waals surface area (Å²) in [5.74, 6) is -12.7. The molecule has 7 N–H and O–H groups in total. The smallest absolute Gasteiger partial charge is 0.336 e. The van der Waals surface area contributed by atoms with Gasteiger partial charge >= 0.3 is 41.8 Å². The van der Waals surface area contributed by atoms with E-state index in [1.165, 1.54) is 6.08 Å². The van der Waals surface area contributed by atoms with Crippen LogP contribution in [0.3, 0.4) is 0 Å². The van der Waals surface area contributed by atoms with Crippen molar-refractivity contribution < 1.29 is 69.3 Å². The lowest BCUT2D eigenvalue weighted by atomic mass is 9.83. The largest absolute Gasteiger partial charge is 0.481 e. The summed E-state index contributed by atoms with van der Waals surface area (Å²) < 4.78 is 0. The highest BCUT2D eigenvalue weighted by atomic mass is 16.4. The van der Waals surface area contributed by atoms with Crippen molar-refractivity contribution in [3.05, 3.63) is 45.6 Å². The van der Waals surface area contributed by atoms with Gasteiger partial charge in [0.25, 0.3) is 0 Å². The summed E-state index contributed by atoms with van der Waals surface area (Å²) in [6.07, 6.45) is 0.151. The molecule has 14 nitrogen and oxygen atoms in total. The molecule has 0 aromatic rings. The third-order valence-electron chi connectivity index (χ3n) is 6.81. The van der Waals surface area contributed by atoms with E-state index in [1.807, 2.05) is 0 Å². The van der Waals surface area contributed by atoms with Crippen LogP contribution in [0.5, 0.6) is 0 Å². The molecule has 0 bridgehead atoms. The van der Waals surface area contributed by atoms with Gasteiger partial charge in [-0.15, -0.1) is 0 Å². The van der Waals surface area contributed by atoms with Gasteiger partial charge in [-0.25, -0.2) is 28.8 Å². The van der Waals surface area contributed by atoms with Gasteiger partial charge in [0.2, 0.25) is 0 Å². The van der Waals surface area contributed by atoms with Crippen LogP contribution in [0.2, 0.25) is 0 Å². The number of hydrogen-bond donors (Lipinski definition) is 7. The third kappa shape index (κ3) is 12.8. The maximum absolute atomic E-state index is 12.3. The standard InChI is InChI=1S/C29H38O14/c1-4-7-8-17(24(32)33)19(26(36)37)11-15(5-2)13-21(28(40)41)22(29(42)43)14-16(6-3)12-20(27(38)39)18(25(34)35)9-10-23(30)31/h7-8,15-16H,4-6,9-14H2,1-3H3,(H,30,31)(H,32,33)(H,34,35)(H,36,37)(H,38,39)(H,40,41)(H,42,43)/b8-7+,19-17-,20-18-,22-21-. The van der Waals surface area contributed by atoms with Gasteiger partial charge in [-0.3, -0.25) is 4.79 Å². The SMILES string of the molecule is CC/C=C/C(C(=O)O)=C(\CC(CC)C/C(C(=O)O)=C(\CC(CC)C/C(C(=O)O)=C(\CCC(=O)O)C(=O)O)C(=O)O)C(=O)O. The highest BCUT2D eigenvalue weighted by molar-refractivity contribution is 6.01. The molecule has 0 aromatic heterocycles. The van der Waals surface area contributed by atoms with Crippen LogP contribution < -0.4 is 0 Å². The van der Waals surface area contributed by atoms with Crippen molar-refractivity contribution in [3.63, 3.8) is 0 Å². The topological polar surface area (TPSA) is 261 Å². The molecule has 0 heterocycles. The number of carbonyl (C=O) groups is 7. The molecule has 0 aliphatic carbocycles. The third-order valence-corrected chi connectivity index (χ3v) is 6.81. The van der Waals surface area contributed by atoms with Gasteiger partial charge in [0, 0.05) is 28.7 Å². The lowest BCUT2D eigenvalue weighted by molar-refractivity contribution is -0.138. The molecule has 14 heteroatoms. The van der Waals surface area contributed by atoms with Gasteiger partial charge in [-0.2, -0.15) is 0 Å². The lowest BCUT2D eigenvalue weighted by Gasteiger charge is -2.21. The molecule has 2 atom stereocenters. The van der Waals surface area contributed by atoms with Crippen molar-refractivity contribution >= 4 is 41.8 Å². The van der Waals surface area contributed by atoms with Crippen molar-refractivity contribution in [2.45, 2.75) is 78.6 Å². The van der Waals surface area contributed by atoms with E-state index in [0.29, 0.717) is 6.42 Å². The van der Waals surface area contributed by atoms with Crippen LogP contribution in [0.15, 0.2) is 45.6 Å². The summed E-state index contributed by atoms with van der Waals surface area (Å²) in [5, 5.41) is 67.2. The van der Waals surface area contributed by atoms with E-state index in [-0.39, 0.29) is 19.3 Å². The minimum Gasteiger partial charge on any atom is -0.481 e. The van der Waals surface area contributed by atoms with E-state index in [1.54, 1.807) is 20.8 Å². The molecule has 0 aliphatic rings. The molecule has 0 radical (unpaired) electrons. The molecule has 0 amide bonds. The monoisotopic (exact) mass is 610 g/mol. The molecular weight excluding hydrogens is 572 g/mol. The number of carboxylic acid groups (broad SMARTS) is 7. The molecule has 0 aromatic carbocycles. The van der Waals surface area contributed by atoms with Crippen LogP contribution in [0, 0.1) is 11.8 Å². The number of carboxylic acids is 7. The molecule has 0 rings (SSSR count). The Balaban J connectivity index is 6.76. The second-order valence-corrected chi connectivity index (χ2v) is 9.71. The van der Waals surface area contributed by atoms with Crippen molar-refractivity contribution in [2.24, 2.45) is 11.8 Å². The van der Waals surface area contributed by atoms with Crippen molar-refractivity contribution in [1.29, 1.82) is 0 Å². The Morgan fingerprint density at radius 2 is 0.837 bits per heavy atom. The minimum atomic E-state index is -1.66. The Morgan fingerprint density at radius 1 is 0.488 bits per heavy atom. The quantitative estimate of drug-likeness (QED) is 0.0719. The number of hydrogen-bond acceptors (Lipinski definition) is 7. The van der Waals surface area contributed by atoms with Crippen molar-refractivity contribution in [3.8, 4) is 0 Å². The summed E-state index contributed by atoms with van der Waals surface area (Å²) in [5.41, 5.74) is -3.48. The van der Waals surface area contributed by atoms with Crippen LogP contribution in [0.4, 0.5) is 0 Å². The highest BCUT2D eigenvalue weighted by Crippen LogP contribution is 2.32. The first-order valence-electron chi connectivity index (χ1n) is 13.5. The Kier molecular flexibility index (Phi) is 16.6. The second kappa shape index (κ2) is 18.6. The fourth-order valence-corrected chi connectivity index (χ4v) is 4.36. The van der Waals surface area contributed by atoms with E-state index in [4.69, 9.17) is 5.11 Å². The Bertz CT molecular complexity index is 1230. The predicted octanol–water partition coefficient (Wildman–Crippen LogP) is 3.83. The van der Waals surface area contributed by atoms with Crippen molar-refractivity contribution in [2.75, 3.05) is 0 Å². The zero-order chi connectivity index (χ0) is 33.4. The molecule has 0 saturated heterocycles. The fraction of sp³-hybridized carbons (Fsp3) is 0.483. The van der Waals surface area contributed by atoms with Crippen LogP contribution in [-0.2, 0) is 33.6 Å². The summed E-state index contributed by atoms with van der Waals surface area (Å²) >= 11 is 0. The fourth-order valence-electron chi connectivity index (χ4n) is 4.36. The number of aliphatic carboxylic acids is 7. The second-order valence-electron chi connectivity index (χ2n) is 9.71. The Hall–Kier alpha value is -4.75. The van der Waals surface area contributed by atoms with E-state index in [2.05, 4.69) is 0 Å². The molecule has 0 fully saturated rings. The Labute approximate surface area is 247 Å². The minimum absolute atomic E-state index is 0.0983. The summed E-state index contributed by atoms with van der Waals surface area (Å²) in [7, 11) is 0. The van der Waals surface area contributed by atoms with Gasteiger partial charge in [0.1, 0.15) is 0 Å². The van der Waals surface area contributed by atoms with E-state index < -0.39 is 119 Å². The molecule has 0 spiro atoms. The van der Waals surface area contributed by atoms with E-state index in [0.717, 1.165) is 6.08 Å². The molecular formula is C29H38O14. The molecule has 2 unspecified atom stereocenters. The lowest BCUT2D eigenvalue weighted by Crippen LogP contribution is -2.20. The molecule has 238 valence electrons. The average Bonchev–Trinajstić information content (AvgIpc) is 2.90. The van der Waals surface area contributed by atoms with Gasteiger partial charge < -0.3 is 35.7 Å². The first-order chi connectivity index (χ1) is 20.0. The first-order valence-corrected chi connectivity index (χ1v) is 13.5. The number of rotatable bonds is 21. The van der Waals surface area contributed by atoms with Gasteiger partial charge in [0.15, 0.2) is 0 Å². The van der Waals surface area contributed by atoms with Crippen LogP contribution in [0.1, 0.15) is 78.6 Å². The number of allylic oxidation sites excluding steroid dienone is 1. The van der Waals surface area contributed by atoms with Crippen molar-refractivity contribution in [1.82, 2.24) is 0 Å². The predicted molar refractivity (Wildman–Crippen MR) is 149 cm³/mol. The zero-order valence-corrected chi connectivity index (χ0v) is 24.2. The molecule has 0 saturated carbocycles.